The van der Waals surface area contributed by atoms with Gasteiger partial charge in [0.1, 0.15) is 5.56 Å². The summed E-state index contributed by atoms with van der Waals surface area (Å²) in [7, 11) is 0. The van der Waals surface area contributed by atoms with E-state index in [0.717, 1.165) is 6.07 Å². The predicted molar refractivity (Wildman–Crippen MR) is 41.5 cm³/mol. The molecule has 72 valence electrons. The number of hydrogen-bond acceptors (Lipinski definition) is 1. The number of rotatable bonds is 0. The minimum absolute atomic E-state index is 0.423. The fraction of sp³-hybridized carbons (Fsp3) is 0.375. The molecule has 0 saturated heterocycles. The van der Waals surface area contributed by atoms with Crippen molar-refractivity contribution in [3.63, 3.8) is 0 Å². The molecule has 0 saturated carbocycles. The molecule has 1 aromatic heterocycles. The molecule has 1 N–H and O–H groups in total. The van der Waals surface area contributed by atoms with E-state index < -0.39 is 17.3 Å². The van der Waals surface area contributed by atoms with Crippen LogP contribution in [0, 0.1) is 13.8 Å². The Morgan fingerprint density at radius 2 is 1.85 bits per heavy atom. The van der Waals surface area contributed by atoms with Crippen LogP contribution in [0.1, 0.15) is 16.8 Å². The molecule has 0 unspecified atom stereocenters. The van der Waals surface area contributed by atoms with Gasteiger partial charge in [0.15, 0.2) is 0 Å². The van der Waals surface area contributed by atoms with Gasteiger partial charge in [0.25, 0.3) is 5.56 Å². The fourth-order valence-electron chi connectivity index (χ4n) is 0.937. The summed E-state index contributed by atoms with van der Waals surface area (Å²) < 4.78 is 36.4. The third-order valence-corrected chi connectivity index (χ3v) is 1.80. The fourth-order valence-corrected chi connectivity index (χ4v) is 0.937. The third kappa shape index (κ3) is 1.91. The van der Waals surface area contributed by atoms with E-state index in [2.05, 4.69) is 4.98 Å². The van der Waals surface area contributed by atoms with Crippen molar-refractivity contribution < 1.29 is 13.2 Å². The van der Waals surface area contributed by atoms with Crippen LogP contribution in [0.2, 0.25) is 0 Å². The second-order valence-electron chi connectivity index (χ2n) is 2.82. The van der Waals surface area contributed by atoms with Crippen molar-refractivity contribution in [1.29, 1.82) is 0 Å². The first kappa shape index (κ1) is 9.83. The Bertz CT molecular complexity index is 378. The lowest BCUT2D eigenvalue weighted by molar-refractivity contribution is -0.138. The Kier molecular flexibility index (Phi) is 2.19. The molecular formula is C8H8F3NO. The van der Waals surface area contributed by atoms with Gasteiger partial charge in [0.05, 0.1) is 0 Å². The molecule has 5 heteroatoms. The van der Waals surface area contributed by atoms with Crippen molar-refractivity contribution in [2.24, 2.45) is 0 Å². The third-order valence-electron chi connectivity index (χ3n) is 1.80. The number of H-pyrrole nitrogens is 1. The van der Waals surface area contributed by atoms with Crippen molar-refractivity contribution in [3.8, 4) is 0 Å². The van der Waals surface area contributed by atoms with E-state index in [1.54, 1.807) is 6.92 Å². The van der Waals surface area contributed by atoms with Crippen LogP contribution in [0.3, 0.4) is 0 Å². The van der Waals surface area contributed by atoms with Gasteiger partial charge in [-0.25, -0.2) is 0 Å². The van der Waals surface area contributed by atoms with Crippen LogP contribution in [0.25, 0.3) is 0 Å². The van der Waals surface area contributed by atoms with Crippen LogP contribution in [-0.4, -0.2) is 4.98 Å². The molecule has 0 amide bonds. The number of aromatic nitrogens is 1. The van der Waals surface area contributed by atoms with E-state index >= 15 is 0 Å². The molecule has 0 atom stereocenters. The van der Waals surface area contributed by atoms with E-state index in [-0.39, 0.29) is 0 Å². The minimum atomic E-state index is -4.58. The van der Waals surface area contributed by atoms with Gasteiger partial charge < -0.3 is 4.98 Å². The van der Waals surface area contributed by atoms with Gasteiger partial charge in [-0.15, -0.1) is 0 Å². The van der Waals surface area contributed by atoms with Crippen molar-refractivity contribution in [2.75, 3.05) is 0 Å². The predicted octanol–water partition coefficient (Wildman–Crippen LogP) is 2.01. The Morgan fingerprint density at radius 1 is 1.31 bits per heavy atom. The van der Waals surface area contributed by atoms with Gasteiger partial charge in [0.2, 0.25) is 0 Å². The number of nitrogens with one attached hydrogen (secondary N) is 1. The first-order valence-electron chi connectivity index (χ1n) is 3.60. The summed E-state index contributed by atoms with van der Waals surface area (Å²) in [5, 5.41) is 0. The normalized spacial score (nSPS) is 11.8. The van der Waals surface area contributed by atoms with E-state index in [1.807, 2.05) is 0 Å². The lowest BCUT2D eigenvalue weighted by atomic mass is 10.1. The number of alkyl halides is 3. The van der Waals surface area contributed by atoms with E-state index in [0.29, 0.717) is 11.3 Å². The molecule has 1 heterocycles. The molecule has 1 aromatic rings. The molecule has 13 heavy (non-hydrogen) atoms. The van der Waals surface area contributed by atoms with Gasteiger partial charge in [-0.1, -0.05) is 0 Å². The largest absolute Gasteiger partial charge is 0.421 e. The Morgan fingerprint density at radius 3 is 2.31 bits per heavy atom. The van der Waals surface area contributed by atoms with Crippen molar-refractivity contribution in [2.45, 2.75) is 20.0 Å². The highest BCUT2D eigenvalue weighted by molar-refractivity contribution is 5.24. The molecule has 0 spiro atoms. The van der Waals surface area contributed by atoms with Crippen molar-refractivity contribution in [3.05, 3.63) is 33.2 Å². The highest BCUT2D eigenvalue weighted by atomic mass is 19.4. The first-order valence-corrected chi connectivity index (χ1v) is 3.60. The van der Waals surface area contributed by atoms with Crippen LogP contribution < -0.4 is 5.56 Å². The summed E-state index contributed by atoms with van der Waals surface area (Å²) in [5.41, 5.74) is -1.35. The maximum atomic E-state index is 12.1. The Balaban J connectivity index is 3.41. The minimum Gasteiger partial charge on any atom is -0.326 e. The zero-order chi connectivity index (χ0) is 10.2. The number of hydrogen-bond donors (Lipinski definition) is 1. The highest BCUT2D eigenvalue weighted by Crippen LogP contribution is 2.26. The maximum absolute atomic E-state index is 12.1. The summed E-state index contributed by atoms with van der Waals surface area (Å²) in [6.45, 7) is 3.07. The lowest BCUT2D eigenvalue weighted by Crippen LogP contribution is -2.22. The molecule has 0 aromatic carbocycles. The second-order valence-corrected chi connectivity index (χ2v) is 2.82. The van der Waals surface area contributed by atoms with Crippen LogP contribution in [-0.2, 0) is 6.18 Å². The van der Waals surface area contributed by atoms with Gasteiger partial charge in [-0.3, -0.25) is 4.79 Å². The molecule has 0 fully saturated rings. The average molecular weight is 191 g/mol. The van der Waals surface area contributed by atoms with Crippen LogP contribution in [0.5, 0.6) is 0 Å². The zero-order valence-corrected chi connectivity index (χ0v) is 7.12. The monoisotopic (exact) mass is 191 g/mol. The smallest absolute Gasteiger partial charge is 0.326 e. The summed E-state index contributed by atoms with van der Waals surface area (Å²) in [6, 6.07) is 0.855. The van der Waals surface area contributed by atoms with E-state index in [4.69, 9.17) is 0 Å². The quantitative estimate of drug-likeness (QED) is 0.668. The molecule has 0 radical (unpaired) electrons. The van der Waals surface area contributed by atoms with Crippen molar-refractivity contribution >= 4 is 0 Å². The Hall–Kier alpha value is -1.26. The molecule has 0 aliphatic heterocycles. The average Bonchev–Trinajstić information content (AvgIpc) is 1.94. The first-order chi connectivity index (χ1) is 5.82. The maximum Gasteiger partial charge on any atom is 0.421 e. The van der Waals surface area contributed by atoms with Crippen LogP contribution >= 0.6 is 0 Å². The molecule has 0 bridgehead atoms. The highest BCUT2D eigenvalue weighted by Gasteiger charge is 2.34. The van der Waals surface area contributed by atoms with Crippen LogP contribution in [0.4, 0.5) is 13.2 Å². The van der Waals surface area contributed by atoms with Gasteiger partial charge in [-0.05, 0) is 25.5 Å². The van der Waals surface area contributed by atoms with Crippen LogP contribution in [0.15, 0.2) is 10.9 Å². The van der Waals surface area contributed by atoms with Crippen molar-refractivity contribution in [1.82, 2.24) is 4.98 Å². The summed E-state index contributed by atoms with van der Waals surface area (Å²) in [5.74, 6) is 0. The standard InChI is InChI=1S/C8H8F3NO/c1-4-3-6(8(9,10)11)7(13)12-5(4)2/h3H,1-2H3,(H,12,13). The molecule has 0 aliphatic carbocycles. The number of aryl methyl sites for hydroxylation is 2. The number of halogens is 3. The molecule has 2 nitrogen and oxygen atoms in total. The molecule has 1 rings (SSSR count). The number of aromatic amines is 1. The summed E-state index contributed by atoms with van der Waals surface area (Å²) in [4.78, 5) is 13.0. The second kappa shape index (κ2) is 2.90. The molecular weight excluding hydrogens is 183 g/mol. The van der Waals surface area contributed by atoms with E-state index in [9.17, 15) is 18.0 Å². The lowest BCUT2D eigenvalue weighted by Gasteiger charge is -2.07. The zero-order valence-electron chi connectivity index (χ0n) is 7.12. The summed E-state index contributed by atoms with van der Waals surface area (Å²) >= 11 is 0. The Labute approximate surface area is 72.4 Å². The SMILES string of the molecule is Cc1cc(C(F)(F)F)c(=O)[nH]c1C. The van der Waals surface area contributed by atoms with Gasteiger partial charge >= 0.3 is 6.18 Å². The van der Waals surface area contributed by atoms with Gasteiger partial charge in [0, 0.05) is 5.69 Å². The van der Waals surface area contributed by atoms with E-state index in [1.165, 1.54) is 6.92 Å². The summed E-state index contributed by atoms with van der Waals surface area (Å²) in [6.07, 6.45) is -4.58. The molecule has 0 aliphatic rings. The number of pyridine rings is 1. The van der Waals surface area contributed by atoms with Gasteiger partial charge in [-0.2, -0.15) is 13.2 Å². The topological polar surface area (TPSA) is 32.9 Å².